The predicted octanol–water partition coefficient (Wildman–Crippen LogP) is 5.81. The molecule has 200 valence electrons. The Labute approximate surface area is 228 Å². The molecule has 2 heterocycles. The van der Waals surface area contributed by atoms with Crippen molar-refractivity contribution in [1.29, 1.82) is 0 Å². The summed E-state index contributed by atoms with van der Waals surface area (Å²) >= 11 is 1.45. The van der Waals surface area contributed by atoms with Gasteiger partial charge in [0.2, 0.25) is 0 Å². The van der Waals surface area contributed by atoms with Crippen molar-refractivity contribution in [2.75, 3.05) is 6.61 Å². The van der Waals surface area contributed by atoms with E-state index in [4.69, 9.17) is 18.9 Å². The van der Waals surface area contributed by atoms with Crippen LogP contribution >= 0.6 is 11.8 Å². The molecule has 0 bridgehead atoms. The van der Waals surface area contributed by atoms with Gasteiger partial charge in [-0.2, -0.15) is 0 Å². The molecule has 0 saturated carbocycles. The first-order valence-corrected chi connectivity index (χ1v) is 13.8. The Morgan fingerprint density at radius 2 is 1.66 bits per heavy atom. The summed E-state index contributed by atoms with van der Waals surface area (Å²) in [5.74, 6) is -0.519. The van der Waals surface area contributed by atoms with Crippen LogP contribution in [-0.4, -0.2) is 47.5 Å². The van der Waals surface area contributed by atoms with E-state index in [9.17, 15) is 9.90 Å². The van der Waals surface area contributed by atoms with Crippen molar-refractivity contribution in [2.24, 2.45) is 0 Å². The molecule has 7 heteroatoms. The SMILES string of the molecule is Cc1ccc(C(C)(C)C)cc1S[C@@H]1O[C@@H]2COC(c3ccccc3)O[C@H]2[C@H](O)[C@H]1OC(=O)c1ccccc1. The number of thioether (sulfide) groups is 1. The first kappa shape index (κ1) is 26.9. The maximum Gasteiger partial charge on any atom is 0.338 e. The van der Waals surface area contributed by atoms with E-state index in [1.54, 1.807) is 24.3 Å². The van der Waals surface area contributed by atoms with Crippen molar-refractivity contribution in [3.63, 3.8) is 0 Å². The van der Waals surface area contributed by atoms with Gasteiger partial charge < -0.3 is 24.1 Å². The highest BCUT2D eigenvalue weighted by molar-refractivity contribution is 7.99. The Morgan fingerprint density at radius 1 is 0.974 bits per heavy atom. The molecule has 0 radical (unpaired) electrons. The lowest BCUT2D eigenvalue weighted by Gasteiger charge is -2.47. The number of esters is 1. The van der Waals surface area contributed by atoms with Gasteiger partial charge in [-0.15, -0.1) is 0 Å². The number of hydrogen-bond donors (Lipinski definition) is 1. The molecular formula is C31H34O6S. The summed E-state index contributed by atoms with van der Waals surface area (Å²) in [4.78, 5) is 14.1. The summed E-state index contributed by atoms with van der Waals surface area (Å²) < 4.78 is 24.6. The fraction of sp³-hybridized carbons (Fsp3) is 0.387. The molecule has 0 aromatic heterocycles. The Morgan fingerprint density at radius 3 is 2.34 bits per heavy atom. The highest BCUT2D eigenvalue weighted by Crippen LogP contribution is 2.41. The maximum atomic E-state index is 13.1. The average molecular weight is 535 g/mol. The van der Waals surface area contributed by atoms with Crippen LogP contribution < -0.4 is 0 Å². The molecule has 2 aliphatic heterocycles. The molecule has 0 aliphatic carbocycles. The summed E-state index contributed by atoms with van der Waals surface area (Å²) in [6.45, 7) is 8.80. The van der Waals surface area contributed by atoms with Crippen molar-refractivity contribution < 1.29 is 28.8 Å². The Hall–Kier alpha value is -2.68. The van der Waals surface area contributed by atoms with Crippen molar-refractivity contribution in [3.8, 4) is 0 Å². The number of ether oxygens (including phenoxy) is 4. The van der Waals surface area contributed by atoms with Crippen molar-refractivity contribution in [3.05, 3.63) is 101 Å². The van der Waals surface area contributed by atoms with Gasteiger partial charge in [0.15, 0.2) is 12.4 Å². The van der Waals surface area contributed by atoms with Crippen molar-refractivity contribution in [2.45, 2.75) is 74.1 Å². The van der Waals surface area contributed by atoms with Crippen LogP contribution in [0, 0.1) is 6.92 Å². The van der Waals surface area contributed by atoms with Crippen LogP contribution in [0.1, 0.15) is 54.1 Å². The monoisotopic (exact) mass is 534 g/mol. The average Bonchev–Trinajstić information content (AvgIpc) is 2.92. The zero-order chi connectivity index (χ0) is 26.9. The van der Waals surface area contributed by atoms with Crippen LogP contribution in [-0.2, 0) is 24.4 Å². The number of carbonyl (C=O) groups is 1. The second-order valence-electron chi connectivity index (χ2n) is 10.8. The number of benzene rings is 3. The third-order valence-electron chi connectivity index (χ3n) is 6.93. The van der Waals surface area contributed by atoms with E-state index in [1.807, 2.05) is 43.3 Å². The number of rotatable bonds is 5. The summed E-state index contributed by atoms with van der Waals surface area (Å²) in [5, 5.41) is 11.6. The second kappa shape index (κ2) is 11.2. The zero-order valence-corrected chi connectivity index (χ0v) is 22.9. The molecule has 0 spiro atoms. The molecule has 0 amide bonds. The quantitative estimate of drug-likeness (QED) is 0.414. The number of aryl methyl sites for hydroxylation is 1. The predicted molar refractivity (Wildman–Crippen MR) is 146 cm³/mol. The highest BCUT2D eigenvalue weighted by Gasteiger charge is 2.51. The Kier molecular flexibility index (Phi) is 7.93. The third kappa shape index (κ3) is 5.82. The fourth-order valence-corrected chi connectivity index (χ4v) is 5.90. The van der Waals surface area contributed by atoms with E-state index in [-0.39, 0.29) is 12.0 Å². The molecule has 3 aromatic rings. The molecule has 2 fully saturated rings. The second-order valence-corrected chi connectivity index (χ2v) is 11.9. The molecule has 38 heavy (non-hydrogen) atoms. The van der Waals surface area contributed by atoms with Crippen LogP contribution in [0.25, 0.3) is 0 Å². The number of hydrogen-bond acceptors (Lipinski definition) is 7. The molecule has 1 N–H and O–H groups in total. The molecule has 6 nitrogen and oxygen atoms in total. The molecule has 5 rings (SSSR count). The highest BCUT2D eigenvalue weighted by atomic mass is 32.2. The van der Waals surface area contributed by atoms with E-state index in [1.165, 1.54) is 17.3 Å². The standard InChI is InChI=1S/C31H34O6S/c1-19-15-16-22(31(2,3)4)17-24(19)38-30-27(36-28(33)20-11-7-5-8-12-20)25(32)26-23(35-30)18-34-29(37-26)21-13-9-6-10-14-21/h5-17,23,25-27,29-30,32H,18H2,1-4H3/t23-,25+,26-,27-,29?,30+/m1/s1. The number of carbonyl (C=O) groups excluding carboxylic acids is 1. The largest absolute Gasteiger partial charge is 0.452 e. The van der Waals surface area contributed by atoms with Gasteiger partial charge in [0.25, 0.3) is 0 Å². The van der Waals surface area contributed by atoms with E-state index in [2.05, 4.69) is 39.0 Å². The first-order chi connectivity index (χ1) is 18.2. The fourth-order valence-electron chi connectivity index (χ4n) is 4.65. The molecule has 2 aliphatic rings. The van der Waals surface area contributed by atoms with E-state index in [0.717, 1.165) is 16.0 Å². The van der Waals surface area contributed by atoms with Gasteiger partial charge in [0.1, 0.15) is 23.7 Å². The van der Waals surface area contributed by atoms with E-state index in [0.29, 0.717) is 5.56 Å². The minimum Gasteiger partial charge on any atom is -0.452 e. The van der Waals surface area contributed by atoms with Gasteiger partial charge in [-0.25, -0.2) is 4.79 Å². The number of fused-ring (bicyclic) bond motifs is 1. The van der Waals surface area contributed by atoms with Crippen LogP contribution in [0.3, 0.4) is 0 Å². The van der Waals surface area contributed by atoms with E-state index >= 15 is 0 Å². The van der Waals surface area contributed by atoms with E-state index < -0.39 is 42.1 Å². The normalized spacial score (nSPS) is 27.4. The number of aliphatic hydroxyl groups excluding tert-OH is 1. The summed E-state index contributed by atoms with van der Waals surface area (Å²) in [6.07, 6.45) is -3.95. The topological polar surface area (TPSA) is 74.2 Å². The Balaban J connectivity index is 1.43. The van der Waals surface area contributed by atoms with Crippen LogP contribution in [0.5, 0.6) is 0 Å². The van der Waals surface area contributed by atoms with Gasteiger partial charge >= 0.3 is 5.97 Å². The third-order valence-corrected chi connectivity index (χ3v) is 8.24. The van der Waals surface area contributed by atoms with Gasteiger partial charge in [-0.1, -0.05) is 93.2 Å². The molecule has 1 unspecified atom stereocenters. The summed E-state index contributed by atoms with van der Waals surface area (Å²) in [7, 11) is 0. The summed E-state index contributed by atoms with van der Waals surface area (Å²) in [5.41, 5.74) is 2.84. The lowest BCUT2D eigenvalue weighted by Crippen LogP contribution is -2.61. The Bertz CT molecular complexity index is 1240. The summed E-state index contributed by atoms with van der Waals surface area (Å²) in [6, 6.07) is 24.7. The zero-order valence-electron chi connectivity index (χ0n) is 22.1. The maximum absolute atomic E-state index is 13.1. The molecular weight excluding hydrogens is 500 g/mol. The lowest BCUT2D eigenvalue weighted by molar-refractivity contribution is -0.317. The first-order valence-electron chi connectivity index (χ1n) is 12.9. The van der Waals surface area contributed by atoms with Gasteiger partial charge in [-0.3, -0.25) is 0 Å². The van der Waals surface area contributed by atoms with Gasteiger partial charge in [0.05, 0.1) is 12.2 Å². The molecule has 2 saturated heterocycles. The molecule has 3 aromatic carbocycles. The van der Waals surface area contributed by atoms with Crippen LogP contribution in [0.15, 0.2) is 83.8 Å². The van der Waals surface area contributed by atoms with Crippen molar-refractivity contribution in [1.82, 2.24) is 0 Å². The van der Waals surface area contributed by atoms with Crippen molar-refractivity contribution >= 4 is 17.7 Å². The lowest BCUT2D eigenvalue weighted by atomic mass is 9.87. The minimum absolute atomic E-state index is 0.0300. The van der Waals surface area contributed by atoms with Gasteiger partial charge in [-0.05, 0) is 41.7 Å². The van der Waals surface area contributed by atoms with Gasteiger partial charge in [0, 0.05) is 10.5 Å². The smallest absolute Gasteiger partial charge is 0.338 e. The van der Waals surface area contributed by atoms with Crippen LogP contribution in [0.2, 0.25) is 0 Å². The minimum atomic E-state index is -1.11. The van der Waals surface area contributed by atoms with Crippen LogP contribution in [0.4, 0.5) is 0 Å². The molecule has 6 atom stereocenters. The number of aliphatic hydroxyl groups is 1.